The van der Waals surface area contributed by atoms with E-state index in [0.717, 1.165) is 21.6 Å². The minimum Gasteiger partial charge on any atom is -0.490 e. The fraction of sp³-hybridized carbons (Fsp3) is 0.267. The maximum absolute atomic E-state index is 5.85. The van der Waals surface area contributed by atoms with Crippen LogP contribution in [0.2, 0.25) is 0 Å². The van der Waals surface area contributed by atoms with Gasteiger partial charge in [0.25, 0.3) is 0 Å². The van der Waals surface area contributed by atoms with E-state index in [0.29, 0.717) is 24.8 Å². The van der Waals surface area contributed by atoms with E-state index >= 15 is 0 Å². The monoisotopic (exact) mass is 355 g/mol. The highest BCUT2D eigenvalue weighted by Gasteiger charge is 2.04. The van der Waals surface area contributed by atoms with Gasteiger partial charge in [-0.1, -0.05) is 22.0 Å². The highest BCUT2D eigenvalue weighted by atomic mass is 79.9. The molecule has 0 aliphatic heterocycles. The Hall–Kier alpha value is -1.26. The molecule has 2 aromatic rings. The van der Waals surface area contributed by atoms with Crippen LogP contribution < -0.4 is 9.47 Å². The van der Waals surface area contributed by atoms with Crippen LogP contribution in [0.25, 0.3) is 0 Å². The number of rotatable bonds is 6. The Morgan fingerprint density at radius 1 is 1.15 bits per heavy atom. The van der Waals surface area contributed by atoms with Crippen LogP contribution in [-0.4, -0.2) is 18.2 Å². The predicted molar refractivity (Wildman–Crippen MR) is 83.7 cm³/mol. The maximum atomic E-state index is 5.85. The molecular formula is C15H15BrClNO2. The molecule has 0 fully saturated rings. The number of ether oxygens (including phenoxy) is 2. The van der Waals surface area contributed by atoms with Gasteiger partial charge in [-0.2, -0.15) is 0 Å². The number of halogens is 2. The van der Waals surface area contributed by atoms with E-state index in [-0.39, 0.29) is 0 Å². The minimum absolute atomic E-state index is 0.337. The lowest BCUT2D eigenvalue weighted by atomic mass is 10.3. The number of nitrogens with zero attached hydrogens (tertiary/aromatic N) is 1. The lowest BCUT2D eigenvalue weighted by molar-refractivity contribution is 0.215. The predicted octanol–water partition coefficient (Wildman–Crippen LogP) is 4.35. The second-order valence-electron chi connectivity index (χ2n) is 4.19. The van der Waals surface area contributed by atoms with E-state index in [9.17, 15) is 0 Å². The summed E-state index contributed by atoms with van der Waals surface area (Å²) in [5.74, 6) is 1.86. The molecule has 0 spiro atoms. The summed E-state index contributed by atoms with van der Waals surface area (Å²) in [4.78, 5) is 4.34. The Kier molecular flexibility index (Phi) is 5.68. The highest BCUT2D eigenvalue weighted by Crippen LogP contribution is 2.20. The van der Waals surface area contributed by atoms with E-state index in [1.807, 2.05) is 43.3 Å². The second kappa shape index (κ2) is 7.50. The van der Waals surface area contributed by atoms with Crippen LogP contribution in [0.4, 0.5) is 0 Å². The van der Waals surface area contributed by atoms with Crippen molar-refractivity contribution in [3.63, 3.8) is 0 Å². The molecule has 2 rings (SSSR count). The first kappa shape index (κ1) is 15.1. The quantitative estimate of drug-likeness (QED) is 0.569. The van der Waals surface area contributed by atoms with Crippen LogP contribution in [-0.2, 0) is 5.88 Å². The zero-order chi connectivity index (χ0) is 14.4. The molecule has 0 amide bonds. The molecule has 0 saturated heterocycles. The van der Waals surface area contributed by atoms with Crippen LogP contribution in [0.5, 0.6) is 11.5 Å². The summed E-state index contributed by atoms with van der Waals surface area (Å²) < 4.78 is 12.2. The van der Waals surface area contributed by atoms with E-state index in [2.05, 4.69) is 20.9 Å². The van der Waals surface area contributed by atoms with Gasteiger partial charge in [-0.15, -0.1) is 11.6 Å². The van der Waals surface area contributed by atoms with E-state index in [1.165, 1.54) is 0 Å². The molecule has 3 nitrogen and oxygen atoms in total. The van der Waals surface area contributed by atoms with Crippen molar-refractivity contribution >= 4 is 27.5 Å². The molecule has 0 radical (unpaired) electrons. The Bertz CT molecular complexity index is 578. The average molecular weight is 357 g/mol. The van der Waals surface area contributed by atoms with E-state index in [4.69, 9.17) is 21.1 Å². The van der Waals surface area contributed by atoms with Crippen LogP contribution in [0.15, 0.2) is 40.9 Å². The highest BCUT2D eigenvalue weighted by molar-refractivity contribution is 9.10. The van der Waals surface area contributed by atoms with Crippen molar-refractivity contribution in [3.05, 3.63) is 52.3 Å². The molecule has 1 aromatic heterocycles. The normalized spacial score (nSPS) is 10.3. The first-order valence-electron chi connectivity index (χ1n) is 6.22. The number of hydrogen-bond donors (Lipinski definition) is 0. The van der Waals surface area contributed by atoms with Gasteiger partial charge in [0.05, 0.1) is 11.6 Å². The van der Waals surface area contributed by atoms with Crippen molar-refractivity contribution in [2.75, 3.05) is 13.2 Å². The maximum Gasteiger partial charge on any atom is 0.142 e. The molecule has 106 valence electrons. The molecule has 0 unspecified atom stereocenters. The summed E-state index contributed by atoms with van der Waals surface area (Å²) in [7, 11) is 0. The largest absolute Gasteiger partial charge is 0.490 e. The summed E-state index contributed by atoms with van der Waals surface area (Å²) in [6, 6.07) is 11.5. The molecule has 0 N–H and O–H groups in total. The van der Waals surface area contributed by atoms with Gasteiger partial charge in [0.2, 0.25) is 0 Å². The number of alkyl halides is 1. The van der Waals surface area contributed by atoms with Crippen molar-refractivity contribution in [2.45, 2.75) is 12.8 Å². The molecule has 0 saturated carbocycles. The first-order valence-corrected chi connectivity index (χ1v) is 7.55. The van der Waals surface area contributed by atoms with Gasteiger partial charge in [-0.3, -0.25) is 4.98 Å². The number of pyridine rings is 1. The first-order chi connectivity index (χ1) is 9.69. The third-order valence-electron chi connectivity index (χ3n) is 2.60. The van der Waals surface area contributed by atoms with Gasteiger partial charge < -0.3 is 9.47 Å². The lowest BCUT2D eigenvalue weighted by Gasteiger charge is -2.11. The summed E-state index contributed by atoms with van der Waals surface area (Å²) >= 11 is 9.25. The van der Waals surface area contributed by atoms with Crippen molar-refractivity contribution in [1.29, 1.82) is 0 Å². The van der Waals surface area contributed by atoms with Gasteiger partial charge in [0, 0.05) is 10.2 Å². The zero-order valence-electron chi connectivity index (χ0n) is 11.1. The van der Waals surface area contributed by atoms with Crippen molar-refractivity contribution in [3.8, 4) is 11.5 Å². The number of hydrogen-bond acceptors (Lipinski definition) is 3. The SMILES string of the molecule is Cc1ccc(OCCOc2cccc(Br)c2)c(CCl)n1. The fourth-order valence-electron chi connectivity index (χ4n) is 1.69. The molecule has 0 bridgehead atoms. The number of aryl methyl sites for hydroxylation is 1. The zero-order valence-corrected chi connectivity index (χ0v) is 13.4. The smallest absolute Gasteiger partial charge is 0.142 e. The molecular weight excluding hydrogens is 342 g/mol. The summed E-state index contributed by atoms with van der Waals surface area (Å²) in [5, 5.41) is 0. The van der Waals surface area contributed by atoms with Gasteiger partial charge in [-0.05, 0) is 37.3 Å². The topological polar surface area (TPSA) is 31.4 Å². The van der Waals surface area contributed by atoms with Gasteiger partial charge in [0.1, 0.15) is 24.7 Å². The summed E-state index contributed by atoms with van der Waals surface area (Å²) in [6.07, 6.45) is 0. The second-order valence-corrected chi connectivity index (χ2v) is 5.37. The van der Waals surface area contributed by atoms with E-state index in [1.54, 1.807) is 0 Å². The van der Waals surface area contributed by atoms with Gasteiger partial charge >= 0.3 is 0 Å². The third-order valence-corrected chi connectivity index (χ3v) is 3.35. The molecule has 5 heteroatoms. The Morgan fingerprint density at radius 3 is 2.70 bits per heavy atom. The van der Waals surface area contributed by atoms with Crippen LogP contribution in [0, 0.1) is 6.92 Å². The van der Waals surface area contributed by atoms with Crippen LogP contribution in [0.1, 0.15) is 11.4 Å². The fourth-order valence-corrected chi connectivity index (χ4v) is 2.26. The van der Waals surface area contributed by atoms with Crippen LogP contribution >= 0.6 is 27.5 Å². The Labute approximate surface area is 132 Å². The van der Waals surface area contributed by atoms with Crippen molar-refractivity contribution in [2.24, 2.45) is 0 Å². The van der Waals surface area contributed by atoms with E-state index < -0.39 is 0 Å². The molecule has 0 aliphatic rings. The summed E-state index contributed by atoms with van der Waals surface area (Å²) in [5.41, 5.74) is 1.69. The molecule has 20 heavy (non-hydrogen) atoms. The van der Waals surface area contributed by atoms with Gasteiger partial charge in [-0.25, -0.2) is 0 Å². The number of benzene rings is 1. The van der Waals surface area contributed by atoms with Crippen molar-refractivity contribution in [1.82, 2.24) is 4.98 Å². The molecule has 1 aromatic carbocycles. The third kappa shape index (κ3) is 4.39. The Morgan fingerprint density at radius 2 is 1.95 bits per heavy atom. The molecule has 1 heterocycles. The Balaban J connectivity index is 1.84. The standard InChI is InChI=1S/C15H15BrClNO2/c1-11-5-6-15(14(10-17)18-11)20-8-7-19-13-4-2-3-12(16)9-13/h2-6,9H,7-8,10H2,1H3. The molecule has 0 aliphatic carbocycles. The summed E-state index contributed by atoms with van der Waals surface area (Å²) in [6.45, 7) is 2.84. The van der Waals surface area contributed by atoms with Gasteiger partial charge in [0.15, 0.2) is 0 Å². The average Bonchev–Trinajstić information content (AvgIpc) is 2.45. The van der Waals surface area contributed by atoms with Crippen molar-refractivity contribution < 1.29 is 9.47 Å². The lowest BCUT2D eigenvalue weighted by Crippen LogP contribution is -2.10. The minimum atomic E-state index is 0.337. The van der Waals surface area contributed by atoms with Crippen LogP contribution in [0.3, 0.4) is 0 Å². The molecule has 0 atom stereocenters. The number of aromatic nitrogens is 1.